The van der Waals surface area contributed by atoms with Gasteiger partial charge in [-0.2, -0.15) is 0 Å². The number of nitrogens with zero attached hydrogens (tertiary/aromatic N) is 1. The average molecular weight is 703 g/mol. The fraction of sp³-hybridized carbons (Fsp3) is 0.0566. The van der Waals surface area contributed by atoms with Crippen molar-refractivity contribution in [1.29, 1.82) is 0 Å². The van der Waals surface area contributed by atoms with Crippen LogP contribution in [0.3, 0.4) is 0 Å². The first-order valence-corrected chi connectivity index (χ1v) is 19.3. The van der Waals surface area contributed by atoms with Crippen molar-refractivity contribution in [2.24, 2.45) is 0 Å². The van der Waals surface area contributed by atoms with Gasteiger partial charge in [0, 0.05) is 5.69 Å². The van der Waals surface area contributed by atoms with E-state index < -0.39 is 0 Å². The van der Waals surface area contributed by atoms with Crippen LogP contribution >= 0.6 is 0 Å². The molecule has 1 atom stereocenters. The lowest BCUT2D eigenvalue weighted by molar-refractivity contribution is 0.828. The van der Waals surface area contributed by atoms with Crippen molar-refractivity contribution in [3.05, 3.63) is 205 Å². The summed E-state index contributed by atoms with van der Waals surface area (Å²) < 4.78 is 0. The van der Waals surface area contributed by atoms with Crippen LogP contribution < -0.4 is 10.2 Å². The molecule has 1 aliphatic heterocycles. The number of anilines is 3. The first-order chi connectivity index (χ1) is 27.3. The van der Waals surface area contributed by atoms with Crippen LogP contribution in [0.5, 0.6) is 0 Å². The van der Waals surface area contributed by atoms with Crippen molar-refractivity contribution in [2.75, 3.05) is 10.2 Å². The molecule has 1 N–H and O–H groups in total. The Balaban J connectivity index is 1.08. The zero-order valence-electron chi connectivity index (χ0n) is 30.4. The Morgan fingerprint density at radius 3 is 1.98 bits per heavy atom. The molecule has 1 aliphatic carbocycles. The first-order valence-electron chi connectivity index (χ1n) is 19.3. The third-order valence-corrected chi connectivity index (χ3v) is 11.7. The van der Waals surface area contributed by atoms with Crippen LogP contribution in [0.25, 0.3) is 71.8 Å². The van der Waals surface area contributed by atoms with Crippen molar-refractivity contribution in [2.45, 2.75) is 19.0 Å². The van der Waals surface area contributed by atoms with E-state index in [4.69, 9.17) is 0 Å². The Labute approximate surface area is 321 Å². The Morgan fingerprint density at radius 1 is 0.473 bits per heavy atom. The summed E-state index contributed by atoms with van der Waals surface area (Å²) in [5.74, 6) is 0. The molecule has 9 aromatic rings. The van der Waals surface area contributed by atoms with Gasteiger partial charge in [0.15, 0.2) is 0 Å². The highest BCUT2D eigenvalue weighted by Crippen LogP contribution is 2.48. The Morgan fingerprint density at radius 2 is 1.13 bits per heavy atom. The third-order valence-electron chi connectivity index (χ3n) is 11.7. The number of hydrogen-bond acceptors (Lipinski definition) is 2. The molecule has 0 saturated heterocycles. The number of nitrogens with one attached hydrogen (secondary N) is 1. The lowest BCUT2D eigenvalue weighted by Crippen LogP contribution is -2.23. The number of aryl methyl sites for hydroxylation is 1. The molecule has 260 valence electrons. The number of benzene rings is 9. The van der Waals surface area contributed by atoms with Gasteiger partial charge in [-0.15, -0.1) is 0 Å². The van der Waals surface area contributed by atoms with Gasteiger partial charge in [-0.05, 0) is 132 Å². The molecule has 0 saturated carbocycles. The highest BCUT2D eigenvalue weighted by atomic mass is 15.3. The van der Waals surface area contributed by atoms with Crippen molar-refractivity contribution >= 4 is 55.5 Å². The van der Waals surface area contributed by atoms with Gasteiger partial charge in [0.25, 0.3) is 0 Å². The standard InChI is InChI=1S/C53H38N2/c1-2-16-44(17-3-1)55-50-21-11-10-20-49(50)54-53(55)38-26-22-37(23-27-38)41-30-31-47-48(34-41)52(43-29-25-36-13-5-7-15-40(36)33-43)46-19-9-8-18-45(46)51(47)42-28-24-35-12-4-6-14-39(35)32-42/h1-6,8-14,16-34,53-54H,7,15H2. The maximum Gasteiger partial charge on any atom is 0.130 e. The van der Waals surface area contributed by atoms with Crippen molar-refractivity contribution in [3.63, 3.8) is 0 Å². The lowest BCUT2D eigenvalue weighted by atomic mass is 9.83. The topological polar surface area (TPSA) is 15.3 Å². The first kappa shape index (κ1) is 31.6. The molecule has 0 amide bonds. The van der Waals surface area contributed by atoms with E-state index in [0.717, 1.165) is 18.5 Å². The molecule has 2 heteroatoms. The third kappa shape index (κ3) is 5.33. The number of fused-ring (bicyclic) bond motifs is 5. The quantitative estimate of drug-likeness (QED) is 0.180. The second-order valence-corrected chi connectivity index (χ2v) is 14.9. The average Bonchev–Trinajstić information content (AvgIpc) is 3.65. The summed E-state index contributed by atoms with van der Waals surface area (Å²) in [4.78, 5) is 2.40. The molecule has 1 heterocycles. The fourth-order valence-electron chi connectivity index (χ4n) is 9.04. The summed E-state index contributed by atoms with van der Waals surface area (Å²) in [7, 11) is 0. The molecule has 9 aromatic carbocycles. The fourth-order valence-corrected chi connectivity index (χ4v) is 9.04. The van der Waals surface area contributed by atoms with Crippen LogP contribution in [0.2, 0.25) is 0 Å². The summed E-state index contributed by atoms with van der Waals surface area (Å²) in [6.45, 7) is 0. The van der Waals surface area contributed by atoms with E-state index in [1.165, 1.54) is 93.8 Å². The lowest BCUT2D eigenvalue weighted by Gasteiger charge is -2.27. The minimum absolute atomic E-state index is 0.00761. The van der Waals surface area contributed by atoms with Crippen LogP contribution in [-0.4, -0.2) is 0 Å². The van der Waals surface area contributed by atoms with Crippen LogP contribution in [0.4, 0.5) is 17.1 Å². The normalized spacial score (nSPS) is 14.6. The Bertz CT molecular complexity index is 2960. The molecule has 2 aliphatic rings. The zero-order chi connectivity index (χ0) is 36.3. The van der Waals surface area contributed by atoms with Gasteiger partial charge < -0.3 is 10.2 Å². The number of allylic oxidation sites excluding steroid dienone is 1. The molecular weight excluding hydrogens is 665 g/mol. The molecule has 1 unspecified atom stereocenters. The molecule has 0 fully saturated rings. The number of rotatable bonds is 5. The molecule has 2 nitrogen and oxygen atoms in total. The van der Waals surface area contributed by atoms with Crippen LogP contribution in [0.15, 0.2) is 188 Å². The largest absolute Gasteiger partial charge is 0.359 e. The molecule has 0 aromatic heterocycles. The Hall–Kier alpha value is -6.90. The van der Waals surface area contributed by atoms with Gasteiger partial charge in [0.2, 0.25) is 0 Å². The van der Waals surface area contributed by atoms with Gasteiger partial charge in [0.05, 0.1) is 11.4 Å². The van der Waals surface area contributed by atoms with Gasteiger partial charge in [0.1, 0.15) is 6.17 Å². The maximum absolute atomic E-state index is 3.80. The molecule has 0 spiro atoms. The highest BCUT2D eigenvalue weighted by molar-refractivity contribution is 6.22. The molecule has 0 radical (unpaired) electrons. The highest BCUT2D eigenvalue weighted by Gasteiger charge is 2.31. The van der Waals surface area contributed by atoms with E-state index >= 15 is 0 Å². The monoisotopic (exact) mass is 702 g/mol. The smallest absolute Gasteiger partial charge is 0.130 e. The summed E-state index contributed by atoms with van der Waals surface area (Å²) in [5.41, 5.74) is 15.0. The van der Waals surface area contributed by atoms with E-state index in [0.29, 0.717) is 0 Å². The van der Waals surface area contributed by atoms with Gasteiger partial charge in [-0.25, -0.2) is 0 Å². The van der Waals surface area contributed by atoms with E-state index in [1.807, 2.05) is 0 Å². The molecular formula is C53H38N2. The van der Waals surface area contributed by atoms with Crippen molar-refractivity contribution in [1.82, 2.24) is 0 Å². The van der Waals surface area contributed by atoms with E-state index in [9.17, 15) is 0 Å². The van der Waals surface area contributed by atoms with Gasteiger partial charge in [-0.3, -0.25) is 0 Å². The molecule has 55 heavy (non-hydrogen) atoms. The van der Waals surface area contributed by atoms with Crippen LogP contribution in [-0.2, 0) is 6.42 Å². The van der Waals surface area contributed by atoms with E-state index in [2.05, 4.69) is 204 Å². The number of hydrogen-bond donors (Lipinski definition) is 1. The Kier molecular flexibility index (Phi) is 7.41. The zero-order valence-corrected chi connectivity index (χ0v) is 30.4. The predicted octanol–water partition coefficient (Wildman–Crippen LogP) is 14.4. The number of para-hydroxylation sites is 3. The summed E-state index contributed by atoms with van der Waals surface area (Å²) >= 11 is 0. The summed E-state index contributed by atoms with van der Waals surface area (Å²) in [6.07, 6.45) is 6.73. The maximum atomic E-state index is 3.80. The van der Waals surface area contributed by atoms with Gasteiger partial charge in [-0.1, -0.05) is 158 Å². The second-order valence-electron chi connectivity index (χ2n) is 14.9. The minimum Gasteiger partial charge on any atom is -0.359 e. The van der Waals surface area contributed by atoms with Crippen molar-refractivity contribution in [3.8, 4) is 33.4 Å². The summed E-state index contributed by atoms with van der Waals surface area (Å²) in [6, 6.07) is 67.3. The second kappa shape index (κ2) is 12.9. The molecule has 11 rings (SSSR count). The van der Waals surface area contributed by atoms with E-state index in [1.54, 1.807) is 0 Å². The van der Waals surface area contributed by atoms with Crippen molar-refractivity contribution < 1.29 is 0 Å². The SMILES string of the molecule is C1=Cc2ccc(-c3c4ccccc4c(-c4ccc5ccccc5c4)c4ccc(-c5ccc(C6Nc7ccccc7N6c6ccccc6)cc5)cc34)cc2CC1. The minimum atomic E-state index is -0.00761. The van der Waals surface area contributed by atoms with E-state index in [-0.39, 0.29) is 6.17 Å². The summed E-state index contributed by atoms with van der Waals surface area (Å²) in [5, 5.41) is 11.4. The van der Waals surface area contributed by atoms with Crippen LogP contribution in [0.1, 0.15) is 29.3 Å². The molecule has 0 bridgehead atoms. The van der Waals surface area contributed by atoms with Gasteiger partial charge >= 0.3 is 0 Å². The predicted molar refractivity (Wildman–Crippen MR) is 234 cm³/mol. The van der Waals surface area contributed by atoms with Crippen LogP contribution in [0, 0.1) is 0 Å².